The third kappa shape index (κ3) is 4.38. The second-order valence-electron chi connectivity index (χ2n) is 12.3. The van der Waals surface area contributed by atoms with Gasteiger partial charge in [0.2, 0.25) is 0 Å². The fourth-order valence-electron chi connectivity index (χ4n) is 7.40. The molecule has 2 aromatic heterocycles. The van der Waals surface area contributed by atoms with E-state index in [0.29, 0.717) is 16.7 Å². The summed E-state index contributed by atoms with van der Waals surface area (Å²) < 4.78 is 4.45. The zero-order valence-corrected chi connectivity index (χ0v) is 26.7. The van der Waals surface area contributed by atoms with E-state index in [9.17, 15) is 15.8 Å². The van der Waals surface area contributed by atoms with E-state index >= 15 is 0 Å². The van der Waals surface area contributed by atoms with E-state index in [1.165, 1.54) is 0 Å². The Bertz CT molecular complexity index is 2960. The summed E-state index contributed by atoms with van der Waals surface area (Å²) in [6.07, 6.45) is 0. The van der Waals surface area contributed by atoms with Gasteiger partial charge in [-0.1, -0.05) is 78.9 Å². The molecule has 230 valence electrons. The molecule has 0 N–H and O–H groups in total. The Labute approximate surface area is 287 Å². The summed E-state index contributed by atoms with van der Waals surface area (Å²) in [4.78, 5) is 0. The number of fused-ring (bicyclic) bond motifs is 6. The summed E-state index contributed by atoms with van der Waals surface area (Å²) in [7, 11) is 0. The third-order valence-electron chi connectivity index (χ3n) is 9.62. The molecule has 2 heterocycles. The number of rotatable bonds is 4. The van der Waals surface area contributed by atoms with Gasteiger partial charge in [-0.3, -0.25) is 0 Å². The standard InChI is InChI=1S/C45H25N5/c46-26-29-15-22-44(50-42-12-6-3-9-36(42)38-20-13-31(28-48)25-45(38)50)39(23-29)35-8-2-1-7-34(35)32-16-18-33(19-17-32)49-41-11-5-4-10-37(41)40-24-30(27-47)14-21-43(40)49/h1-25H. The van der Waals surface area contributed by atoms with Gasteiger partial charge in [0.15, 0.2) is 0 Å². The van der Waals surface area contributed by atoms with Crippen molar-refractivity contribution in [3.63, 3.8) is 0 Å². The van der Waals surface area contributed by atoms with Crippen molar-refractivity contribution in [2.45, 2.75) is 0 Å². The number of nitriles is 3. The molecule has 0 aliphatic carbocycles. The lowest BCUT2D eigenvalue weighted by Crippen LogP contribution is -1.99. The molecule has 5 nitrogen and oxygen atoms in total. The van der Waals surface area contributed by atoms with Crippen LogP contribution in [-0.4, -0.2) is 9.13 Å². The zero-order valence-electron chi connectivity index (χ0n) is 26.7. The van der Waals surface area contributed by atoms with E-state index in [1.807, 2.05) is 91.0 Å². The van der Waals surface area contributed by atoms with Gasteiger partial charge in [0, 0.05) is 32.8 Å². The topological polar surface area (TPSA) is 81.2 Å². The van der Waals surface area contributed by atoms with Gasteiger partial charge < -0.3 is 9.13 Å². The second-order valence-corrected chi connectivity index (χ2v) is 12.3. The van der Waals surface area contributed by atoms with Gasteiger partial charge in [0.1, 0.15) is 0 Å². The average molecular weight is 636 g/mol. The molecule has 0 aliphatic rings. The number of hydrogen-bond donors (Lipinski definition) is 0. The van der Waals surface area contributed by atoms with Crippen LogP contribution in [0.4, 0.5) is 0 Å². The van der Waals surface area contributed by atoms with Gasteiger partial charge >= 0.3 is 0 Å². The Balaban J connectivity index is 1.23. The summed E-state index contributed by atoms with van der Waals surface area (Å²) in [6, 6.07) is 57.9. The predicted octanol–water partition coefficient (Wildman–Crippen LogP) is 10.8. The molecule has 50 heavy (non-hydrogen) atoms. The minimum absolute atomic E-state index is 0.568. The molecule has 9 rings (SSSR count). The van der Waals surface area contributed by atoms with E-state index in [4.69, 9.17) is 0 Å². The molecule has 0 atom stereocenters. The molecule has 0 amide bonds. The Morgan fingerprint density at radius 1 is 0.360 bits per heavy atom. The van der Waals surface area contributed by atoms with Crippen molar-refractivity contribution in [1.82, 2.24) is 9.13 Å². The molecule has 0 unspecified atom stereocenters. The van der Waals surface area contributed by atoms with Gasteiger partial charge in [0.05, 0.1) is 62.7 Å². The summed E-state index contributed by atoms with van der Waals surface area (Å²) in [5.74, 6) is 0. The normalized spacial score (nSPS) is 11.1. The molecule has 0 saturated heterocycles. The first-order valence-electron chi connectivity index (χ1n) is 16.3. The largest absolute Gasteiger partial charge is 0.309 e. The maximum atomic E-state index is 10.0. The summed E-state index contributed by atoms with van der Waals surface area (Å²) >= 11 is 0. The monoisotopic (exact) mass is 635 g/mol. The highest BCUT2D eigenvalue weighted by atomic mass is 15.0. The average Bonchev–Trinajstić information content (AvgIpc) is 3.69. The minimum Gasteiger partial charge on any atom is -0.309 e. The van der Waals surface area contributed by atoms with Crippen molar-refractivity contribution in [2.75, 3.05) is 0 Å². The van der Waals surface area contributed by atoms with Gasteiger partial charge in [-0.2, -0.15) is 15.8 Å². The van der Waals surface area contributed by atoms with Crippen molar-refractivity contribution >= 4 is 43.6 Å². The molecule has 0 saturated carbocycles. The van der Waals surface area contributed by atoms with Crippen LogP contribution in [0.15, 0.2) is 152 Å². The lowest BCUT2D eigenvalue weighted by molar-refractivity contribution is 1.18. The minimum atomic E-state index is 0.568. The van der Waals surface area contributed by atoms with Crippen LogP contribution in [0.1, 0.15) is 16.7 Å². The second kappa shape index (κ2) is 11.4. The summed E-state index contributed by atoms with van der Waals surface area (Å²) in [5.41, 5.74) is 11.8. The van der Waals surface area contributed by atoms with Crippen LogP contribution in [0.3, 0.4) is 0 Å². The van der Waals surface area contributed by atoms with E-state index in [-0.39, 0.29) is 0 Å². The van der Waals surface area contributed by atoms with E-state index in [0.717, 1.165) is 77.2 Å². The number of aromatic nitrogens is 2. The lowest BCUT2D eigenvalue weighted by Gasteiger charge is -2.18. The molecule has 7 aromatic carbocycles. The first-order chi connectivity index (χ1) is 24.7. The summed E-state index contributed by atoms with van der Waals surface area (Å²) in [6.45, 7) is 0. The van der Waals surface area contributed by atoms with Crippen molar-refractivity contribution in [3.05, 3.63) is 168 Å². The van der Waals surface area contributed by atoms with E-state index in [2.05, 4.69) is 88.0 Å². The highest BCUT2D eigenvalue weighted by Gasteiger charge is 2.19. The van der Waals surface area contributed by atoms with Crippen LogP contribution in [0.2, 0.25) is 0 Å². The fourth-order valence-corrected chi connectivity index (χ4v) is 7.40. The Morgan fingerprint density at radius 3 is 1.64 bits per heavy atom. The SMILES string of the molecule is N#Cc1ccc(-n2c3ccccc3c3ccc(C#N)cc32)c(-c2ccccc2-c2ccc(-n3c4ccccc4c4cc(C#N)ccc43)cc2)c1. The number of nitrogens with zero attached hydrogens (tertiary/aromatic N) is 5. The van der Waals surface area contributed by atoms with E-state index < -0.39 is 0 Å². The highest BCUT2D eigenvalue weighted by Crippen LogP contribution is 2.41. The van der Waals surface area contributed by atoms with E-state index in [1.54, 1.807) is 0 Å². The predicted molar refractivity (Wildman–Crippen MR) is 200 cm³/mol. The van der Waals surface area contributed by atoms with Gasteiger partial charge in [-0.15, -0.1) is 0 Å². The van der Waals surface area contributed by atoms with Crippen LogP contribution in [0.25, 0.3) is 77.2 Å². The summed E-state index contributed by atoms with van der Waals surface area (Å²) in [5, 5.41) is 33.7. The number of benzene rings is 7. The Hall–Kier alpha value is -7.39. The van der Waals surface area contributed by atoms with Gasteiger partial charge in [-0.25, -0.2) is 0 Å². The molecule has 0 fully saturated rings. The number of para-hydroxylation sites is 2. The van der Waals surface area contributed by atoms with Crippen molar-refractivity contribution in [3.8, 4) is 51.8 Å². The van der Waals surface area contributed by atoms with Gasteiger partial charge in [-0.05, 0) is 89.5 Å². The fraction of sp³-hybridized carbons (Fsp3) is 0. The molecule has 0 bridgehead atoms. The Kier molecular flexibility index (Phi) is 6.56. The maximum absolute atomic E-state index is 10.0. The first-order valence-corrected chi connectivity index (χ1v) is 16.3. The van der Waals surface area contributed by atoms with Crippen molar-refractivity contribution < 1.29 is 0 Å². The zero-order chi connectivity index (χ0) is 33.8. The van der Waals surface area contributed by atoms with Crippen LogP contribution >= 0.6 is 0 Å². The Morgan fingerprint density at radius 2 is 0.900 bits per heavy atom. The molecule has 0 spiro atoms. The molecule has 5 heteroatoms. The molecule has 9 aromatic rings. The molecular formula is C45H25N5. The van der Waals surface area contributed by atoms with Crippen LogP contribution in [0.5, 0.6) is 0 Å². The molecule has 0 aliphatic heterocycles. The lowest BCUT2D eigenvalue weighted by atomic mass is 9.92. The van der Waals surface area contributed by atoms with Crippen molar-refractivity contribution in [1.29, 1.82) is 15.8 Å². The first kappa shape index (κ1) is 28.8. The molecular weight excluding hydrogens is 611 g/mol. The quantitative estimate of drug-likeness (QED) is 0.193. The smallest absolute Gasteiger partial charge is 0.0992 e. The molecule has 0 radical (unpaired) electrons. The highest BCUT2D eigenvalue weighted by molar-refractivity contribution is 6.11. The number of hydrogen-bond acceptors (Lipinski definition) is 3. The third-order valence-corrected chi connectivity index (χ3v) is 9.62. The van der Waals surface area contributed by atoms with Gasteiger partial charge in [0.25, 0.3) is 0 Å². The maximum Gasteiger partial charge on any atom is 0.0992 e. The van der Waals surface area contributed by atoms with Crippen molar-refractivity contribution in [2.24, 2.45) is 0 Å². The van der Waals surface area contributed by atoms with Crippen LogP contribution in [0, 0.1) is 34.0 Å². The van der Waals surface area contributed by atoms with Crippen LogP contribution < -0.4 is 0 Å². The van der Waals surface area contributed by atoms with Crippen LogP contribution in [-0.2, 0) is 0 Å².